The summed E-state index contributed by atoms with van der Waals surface area (Å²) in [6.07, 6.45) is 1.48. The van der Waals surface area contributed by atoms with Crippen molar-refractivity contribution in [2.45, 2.75) is 18.6 Å². The fraction of sp³-hybridized carbons (Fsp3) is 0.190. The molecule has 0 bridgehead atoms. The van der Waals surface area contributed by atoms with Gasteiger partial charge in [0.05, 0.1) is 24.9 Å². The number of ether oxygens (including phenoxy) is 1. The molecule has 28 heavy (non-hydrogen) atoms. The van der Waals surface area contributed by atoms with Gasteiger partial charge >= 0.3 is 0 Å². The lowest BCUT2D eigenvalue weighted by atomic mass is 10.1. The van der Waals surface area contributed by atoms with E-state index in [-0.39, 0.29) is 16.6 Å². The zero-order valence-corrected chi connectivity index (χ0v) is 17.2. The van der Waals surface area contributed by atoms with Gasteiger partial charge in [0.2, 0.25) is 0 Å². The fourth-order valence-corrected chi connectivity index (χ4v) is 3.35. The SMILES string of the molecule is CCSc1ncc(Cl)c(C(=O)N(Cc2ccccc2)c2ccc(OC)cc2)n1. The van der Waals surface area contributed by atoms with Gasteiger partial charge in [-0.05, 0) is 35.6 Å². The summed E-state index contributed by atoms with van der Waals surface area (Å²) in [5, 5.41) is 0.765. The maximum Gasteiger partial charge on any atom is 0.278 e. The minimum atomic E-state index is -0.278. The van der Waals surface area contributed by atoms with Gasteiger partial charge < -0.3 is 9.64 Å². The molecule has 3 aromatic rings. The molecule has 0 saturated carbocycles. The summed E-state index contributed by atoms with van der Waals surface area (Å²) in [5.74, 6) is 1.25. The maximum atomic E-state index is 13.4. The van der Waals surface area contributed by atoms with Crippen LogP contribution < -0.4 is 9.64 Å². The second kappa shape index (κ2) is 9.57. The van der Waals surface area contributed by atoms with Crippen molar-refractivity contribution in [1.82, 2.24) is 9.97 Å². The van der Waals surface area contributed by atoms with E-state index < -0.39 is 0 Å². The Morgan fingerprint density at radius 1 is 1.14 bits per heavy atom. The molecule has 0 N–H and O–H groups in total. The normalized spacial score (nSPS) is 10.5. The molecule has 0 fully saturated rings. The molecule has 0 spiro atoms. The number of halogens is 1. The molecular formula is C21H20ClN3O2S. The van der Waals surface area contributed by atoms with E-state index in [1.54, 1.807) is 12.0 Å². The Kier molecular flexibility index (Phi) is 6.90. The Balaban J connectivity index is 2.00. The molecule has 0 atom stereocenters. The Bertz CT molecular complexity index is 936. The minimum absolute atomic E-state index is 0.194. The van der Waals surface area contributed by atoms with Crippen LogP contribution in [0, 0.1) is 0 Å². The van der Waals surface area contributed by atoms with Gasteiger partial charge in [-0.3, -0.25) is 4.79 Å². The van der Waals surface area contributed by atoms with E-state index >= 15 is 0 Å². The van der Waals surface area contributed by atoms with E-state index in [0.717, 1.165) is 22.8 Å². The van der Waals surface area contributed by atoms with E-state index in [0.29, 0.717) is 11.7 Å². The quantitative estimate of drug-likeness (QED) is 0.398. The summed E-state index contributed by atoms with van der Waals surface area (Å²) in [6.45, 7) is 2.39. The van der Waals surface area contributed by atoms with Gasteiger partial charge in [-0.1, -0.05) is 60.6 Å². The number of anilines is 1. The number of hydrogen-bond acceptors (Lipinski definition) is 5. The molecule has 0 aliphatic rings. The van der Waals surface area contributed by atoms with Crippen molar-refractivity contribution >= 4 is 35.0 Å². The fourth-order valence-electron chi connectivity index (χ4n) is 2.64. The summed E-state index contributed by atoms with van der Waals surface area (Å²) in [6, 6.07) is 17.1. The van der Waals surface area contributed by atoms with Crippen LogP contribution in [0.3, 0.4) is 0 Å². The lowest BCUT2D eigenvalue weighted by Gasteiger charge is -2.23. The number of carbonyl (C=O) groups is 1. The van der Waals surface area contributed by atoms with Crippen LogP contribution >= 0.6 is 23.4 Å². The number of benzene rings is 2. The largest absolute Gasteiger partial charge is 0.497 e. The van der Waals surface area contributed by atoms with Gasteiger partial charge in [0.15, 0.2) is 10.9 Å². The van der Waals surface area contributed by atoms with Gasteiger partial charge in [0.1, 0.15) is 5.75 Å². The standard InChI is InChI=1S/C21H20ClN3O2S/c1-3-28-21-23-13-18(22)19(24-21)20(26)25(14-15-7-5-4-6-8-15)16-9-11-17(27-2)12-10-16/h4-13H,3,14H2,1-2H3. The minimum Gasteiger partial charge on any atom is -0.497 e. The number of rotatable bonds is 7. The molecule has 0 aliphatic carbocycles. The summed E-state index contributed by atoms with van der Waals surface area (Å²) < 4.78 is 5.23. The number of amides is 1. The van der Waals surface area contributed by atoms with Crippen molar-refractivity contribution < 1.29 is 9.53 Å². The molecule has 3 rings (SSSR count). The molecule has 144 valence electrons. The first kappa shape index (κ1) is 20.2. The molecule has 0 saturated heterocycles. The number of carbonyl (C=O) groups excluding carboxylic acids is 1. The predicted octanol–water partition coefficient (Wildman–Crippen LogP) is 5.10. The van der Waals surface area contributed by atoms with Gasteiger partial charge in [0, 0.05) is 5.69 Å². The summed E-state index contributed by atoms with van der Waals surface area (Å²) in [4.78, 5) is 23.6. The lowest BCUT2D eigenvalue weighted by molar-refractivity contribution is 0.0979. The number of hydrogen-bond donors (Lipinski definition) is 0. The number of methoxy groups -OCH3 is 1. The number of thioether (sulfide) groups is 1. The third-order valence-electron chi connectivity index (χ3n) is 4.01. The second-order valence-electron chi connectivity index (χ2n) is 5.86. The van der Waals surface area contributed by atoms with Gasteiger partial charge in [-0.2, -0.15) is 0 Å². The average molecular weight is 414 g/mol. The molecule has 1 amide bonds. The average Bonchev–Trinajstić information content (AvgIpc) is 2.74. The highest BCUT2D eigenvalue weighted by atomic mass is 35.5. The van der Waals surface area contributed by atoms with E-state index in [2.05, 4.69) is 9.97 Å². The highest BCUT2D eigenvalue weighted by Gasteiger charge is 2.23. The molecule has 5 nitrogen and oxygen atoms in total. The lowest BCUT2D eigenvalue weighted by Crippen LogP contribution is -2.31. The van der Waals surface area contributed by atoms with E-state index in [9.17, 15) is 4.79 Å². The molecule has 0 aliphatic heterocycles. The van der Waals surface area contributed by atoms with Crippen molar-refractivity contribution in [1.29, 1.82) is 0 Å². The van der Waals surface area contributed by atoms with Crippen LogP contribution in [0.2, 0.25) is 5.02 Å². The Morgan fingerprint density at radius 2 is 1.86 bits per heavy atom. The van der Waals surface area contributed by atoms with Gasteiger partial charge in [-0.15, -0.1) is 0 Å². The maximum absolute atomic E-state index is 13.4. The zero-order valence-electron chi connectivity index (χ0n) is 15.6. The highest BCUT2D eigenvalue weighted by Crippen LogP contribution is 2.26. The highest BCUT2D eigenvalue weighted by molar-refractivity contribution is 7.99. The molecule has 2 aromatic carbocycles. The van der Waals surface area contributed by atoms with Crippen molar-refractivity contribution in [3.05, 3.63) is 77.1 Å². The zero-order chi connectivity index (χ0) is 19.9. The molecular weight excluding hydrogens is 394 g/mol. The first-order valence-corrected chi connectivity index (χ1v) is 10.1. The summed E-state index contributed by atoms with van der Waals surface area (Å²) >= 11 is 7.74. The predicted molar refractivity (Wildman–Crippen MR) is 113 cm³/mol. The molecule has 0 unspecified atom stereocenters. The molecule has 1 aromatic heterocycles. The Hall–Kier alpha value is -2.57. The smallest absolute Gasteiger partial charge is 0.278 e. The molecule has 0 radical (unpaired) electrons. The van der Waals surface area contributed by atoms with Crippen molar-refractivity contribution in [3.8, 4) is 5.75 Å². The van der Waals surface area contributed by atoms with Crippen LogP contribution in [0.4, 0.5) is 5.69 Å². The number of nitrogens with zero attached hydrogens (tertiary/aromatic N) is 3. The van der Waals surface area contributed by atoms with Crippen molar-refractivity contribution in [2.24, 2.45) is 0 Å². The third kappa shape index (κ3) is 4.82. The third-order valence-corrected chi connectivity index (χ3v) is 5.03. The topological polar surface area (TPSA) is 55.3 Å². The van der Waals surface area contributed by atoms with Crippen LogP contribution in [0.15, 0.2) is 66.0 Å². The van der Waals surface area contributed by atoms with Crippen LogP contribution in [0.1, 0.15) is 23.0 Å². The monoisotopic (exact) mass is 413 g/mol. The Morgan fingerprint density at radius 3 is 2.50 bits per heavy atom. The van der Waals surface area contributed by atoms with Crippen LogP contribution in [-0.4, -0.2) is 28.7 Å². The first-order valence-electron chi connectivity index (χ1n) is 8.77. The van der Waals surface area contributed by atoms with Crippen molar-refractivity contribution in [2.75, 3.05) is 17.8 Å². The molecule has 1 heterocycles. The van der Waals surface area contributed by atoms with E-state index in [1.807, 2.05) is 61.5 Å². The van der Waals surface area contributed by atoms with Crippen LogP contribution in [0.25, 0.3) is 0 Å². The summed E-state index contributed by atoms with van der Waals surface area (Å²) in [7, 11) is 1.61. The van der Waals surface area contributed by atoms with E-state index in [1.165, 1.54) is 18.0 Å². The van der Waals surface area contributed by atoms with Crippen LogP contribution in [0.5, 0.6) is 5.75 Å². The Labute approximate surface area is 173 Å². The van der Waals surface area contributed by atoms with Gasteiger partial charge in [0.25, 0.3) is 5.91 Å². The van der Waals surface area contributed by atoms with E-state index in [4.69, 9.17) is 16.3 Å². The molecule has 7 heteroatoms. The first-order chi connectivity index (χ1) is 13.6. The number of aromatic nitrogens is 2. The second-order valence-corrected chi connectivity index (χ2v) is 7.50. The summed E-state index contributed by atoms with van der Waals surface area (Å²) in [5.41, 5.74) is 1.92. The van der Waals surface area contributed by atoms with Crippen molar-refractivity contribution in [3.63, 3.8) is 0 Å². The van der Waals surface area contributed by atoms with Gasteiger partial charge in [-0.25, -0.2) is 9.97 Å². The van der Waals surface area contributed by atoms with Crippen LogP contribution in [-0.2, 0) is 6.54 Å².